The zero-order valence-corrected chi connectivity index (χ0v) is 13.8. The van der Waals surface area contributed by atoms with Gasteiger partial charge in [0.05, 0.1) is 12.1 Å². The van der Waals surface area contributed by atoms with Crippen LogP contribution in [0.3, 0.4) is 0 Å². The van der Waals surface area contributed by atoms with Gasteiger partial charge >= 0.3 is 0 Å². The number of hydrogen-bond donors (Lipinski definition) is 0. The number of rotatable bonds is 1. The first kappa shape index (κ1) is 14.0. The monoisotopic (exact) mass is 326 g/mol. The molecule has 2 atom stereocenters. The Morgan fingerprint density at radius 2 is 2.09 bits per heavy atom. The van der Waals surface area contributed by atoms with E-state index >= 15 is 0 Å². The molecular formula is C18H15ClN2S. The Hall–Kier alpha value is -1.63. The minimum atomic E-state index is 0.00766. The quantitative estimate of drug-likeness (QED) is 0.730. The van der Waals surface area contributed by atoms with Gasteiger partial charge in [0.2, 0.25) is 0 Å². The lowest BCUT2D eigenvalue weighted by Crippen LogP contribution is -2.42. The van der Waals surface area contributed by atoms with Crippen LogP contribution in [0.4, 0.5) is 0 Å². The first-order valence-corrected chi connectivity index (χ1v) is 8.65. The number of benzene rings is 1. The van der Waals surface area contributed by atoms with Crippen molar-refractivity contribution >= 4 is 28.9 Å². The van der Waals surface area contributed by atoms with Crippen LogP contribution in [0.2, 0.25) is 5.02 Å². The summed E-state index contributed by atoms with van der Waals surface area (Å²) in [5, 5.41) is 10.2. The molecule has 3 aliphatic rings. The van der Waals surface area contributed by atoms with Crippen LogP contribution < -0.4 is 0 Å². The summed E-state index contributed by atoms with van der Waals surface area (Å²) in [6, 6.07) is 10.8. The van der Waals surface area contributed by atoms with Gasteiger partial charge < -0.3 is 4.90 Å². The molecule has 3 aliphatic heterocycles. The lowest BCUT2D eigenvalue weighted by molar-refractivity contribution is 0.325. The van der Waals surface area contributed by atoms with Crippen molar-refractivity contribution in [1.29, 1.82) is 5.26 Å². The van der Waals surface area contributed by atoms with Crippen molar-refractivity contribution in [1.82, 2.24) is 4.90 Å². The SMILES string of the molecule is CC1=C2CC(c3ccc(Cl)cc3)=C3C=CC[C@@H]([C@H](C#N)S1)N32. The third kappa shape index (κ3) is 2.02. The predicted octanol–water partition coefficient (Wildman–Crippen LogP) is 4.96. The van der Waals surface area contributed by atoms with Gasteiger partial charge in [-0.05, 0) is 42.7 Å². The number of thioether (sulfide) groups is 1. The van der Waals surface area contributed by atoms with Gasteiger partial charge in [0.1, 0.15) is 5.25 Å². The highest BCUT2D eigenvalue weighted by Crippen LogP contribution is 2.50. The minimum Gasteiger partial charge on any atom is -0.338 e. The Bertz CT molecular complexity index is 767. The van der Waals surface area contributed by atoms with Crippen LogP contribution in [0.5, 0.6) is 0 Å². The largest absolute Gasteiger partial charge is 0.338 e. The zero-order valence-electron chi connectivity index (χ0n) is 12.2. The van der Waals surface area contributed by atoms with Gasteiger partial charge in [-0.15, -0.1) is 11.8 Å². The average molecular weight is 327 g/mol. The maximum absolute atomic E-state index is 9.48. The van der Waals surface area contributed by atoms with Gasteiger partial charge in [-0.2, -0.15) is 5.26 Å². The van der Waals surface area contributed by atoms with Crippen LogP contribution in [0.25, 0.3) is 5.57 Å². The molecule has 22 heavy (non-hydrogen) atoms. The molecule has 0 fully saturated rings. The molecular weight excluding hydrogens is 312 g/mol. The van der Waals surface area contributed by atoms with Gasteiger partial charge in [-0.3, -0.25) is 0 Å². The normalized spacial score (nSPS) is 26.3. The Kier molecular flexibility index (Phi) is 3.32. The van der Waals surface area contributed by atoms with Crippen molar-refractivity contribution in [3.63, 3.8) is 0 Å². The summed E-state index contributed by atoms with van der Waals surface area (Å²) in [6.45, 7) is 2.14. The number of nitriles is 1. The van der Waals surface area contributed by atoms with Crippen molar-refractivity contribution < 1.29 is 0 Å². The highest BCUT2D eigenvalue weighted by atomic mass is 35.5. The summed E-state index contributed by atoms with van der Waals surface area (Å²) in [5.74, 6) is 0. The van der Waals surface area contributed by atoms with E-state index in [4.69, 9.17) is 11.6 Å². The van der Waals surface area contributed by atoms with E-state index in [-0.39, 0.29) is 11.3 Å². The lowest BCUT2D eigenvalue weighted by atomic mass is 10.00. The molecule has 4 heteroatoms. The molecule has 0 N–H and O–H groups in total. The molecule has 0 unspecified atom stereocenters. The van der Waals surface area contributed by atoms with Crippen LogP contribution in [0.15, 0.2) is 52.7 Å². The first-order chi connectivity index (χ1) is 10.7. The van der Waals surface area contributed by atoms with Gasteiger partial charge in [0.25, 0.3) is 0 Å². The Labute approximate surface area is 139 Å². The van der Waals surface area contributed by atoms with Crippen LogP contribution in [-0.4, -0.2) is 16.2 Å². The molecule has 3 heterocycles. The first-order valence-electron chi connectivity index (χ1n) is 7.40. The molecule has 0 bridgehead atoms. The molecule has 1 aromatic carbocycles. The molecule has 110 valence electrons. The molecule has 1 aromatic rings. The van der Waals surface area contributed by atoms with Gasteiger partial charge in [-0.1, -0.05) is 29.8 Å². The molecule has 0 aromatic heterocycles. The minimum absolute atomic E-state index is 0.00766. The second kappa shape index (κ2) is 5.22. The number of hydrogen-bond acceptors (Lipinski definition) is 3. The fourth-order valence-electron chi connectivity index (χ4n) is 3.52. The highest BCUT2D eigenvalue weighted by molar-refractivity contribution is 8.04. The highest BCUT2D eigenvalue weighted by Gasteiger charge is 2.42. The van der Waals surface area contributed by atoms with E-state index in [1.807, 2.05) is 12.1 Å². The van der Waals surface area contributed by atoms with Crippen molar-refractivity contribution in [2.75, 3.05) is 0 Å². The van der Waals surface area contributed by atoms with Crippen molar-refractivity contribution in [3.05, 3.63) is 63.3 Å². The lowest BCUT2D eigenvalue weighted by Gasteiger charge is -2.41. The van der Waals surface area contributed by atoms with Gasteiger partial charge in [-0.25, -0.2) is 0 Å². The third-order valence-electron chi connectivity index (χ3n) is 4.57. The molecule has 0 saturated heterocycles. The van der Waals surface area contributed by atoms with E-state index in [0.29, 0.717) is 0 Å². The maximum Gasteiger partial charge on any atom is 0.117 e. The number of allylic oxidation sites excluding steroid dienone is 3. The molecule has 0 amide bonds. The number of halogens is 1. The smallest absolute Gasteiger partial charge is 0.117 e. The van der Waals surface area contributed by atoms with E-state index in [9.17, 15) is 5.26 Å². The van der Waals surface area contributed by atoms with E-state index in [2.05, 4.69) is 42.2 Å². The molecule has 4 rings (SSSR count). The fourth-order valence-corrected chi connectivity index (χ4v) is 4.78. The maximum atomic E-state index is 9.48. The van der Waals surface area contributed by atoms with Crippen molar-refractivity contribution in [2.45, 2.75) is 31.1 Å². The average Bonchev–Trinajstić information content (AvgIpc) is 2.93. The standard InChI is InChI=1S/C18H15ClN2S/c1-11-17-9-14(12-5-7-13(19)8-6-12)15-3-2-4-16(21(15)17)18(10-20)22-11/h2-3,5-8,16,18H,4,9H2,1H3/t16-,18-/m0/s1. The van der Waals surface area contributed by atoms with Crippen LogP contribution >= 0.6 is 23.4 Å². The van der Waals surface area contributed by atoms with Crippen LogP contribution in [0.1, 0.15) is 25.3 Å². The molecule has 0 radical (unpaired) electrons. The van der Waals surface area contributed by atoms with E-state index < -0.39 is 0 Å². The number of nitrogens with zero attached hydrogens (tertiary/aromatic N) is 2. The van der Waals surface area contributed by atoms with Crippen molar-refractivity contribution in [3.8, 4) is 6.07 Å². The molecule has 0 aliphatic carbocycles. The Morgan fingerprint density at radius 1 is 1.32 bits per heavy atom. The predicted molar refractivity (Wildman–Crippen MR) is 92.1 cm³/mol. The topological polar surface area (TPSA) is 27.0 Å². The van der Waals surface area contributed by atoms with E-state index in [0.717, 1.165) is 17.9 Å². The second-order valence-electron chi connectivity index (χ2n) is 5.79. The van der Waals surface area contributed by atoms with E-state index in [1.165, 1.54) is 27.4 Å². The fraction of sp³-hybridized carbons (Fsp3) is 0.278. The second-order valence-corrected chi connectivity index (χ2v) is 7.59. The third-order valence-corrected chi connectivity index (χ3v) is 6.08. The van der Waals surface area contributed by atoms with Gasteiger partial charge in [0.15, 0.2) is 0 Å². The summed E-state index contributed by atoms with van der Waals surface area (Å²) >= 11 is 7.74. The Balaban J connectivity index is 1.85. The molecule has 0 saturated carbocycles. The van der Waals surface area contributed by atoms with Crippen LogP contribution in [-0.2, 0) is 0 Å². The van der Waals surface area contributed by atoms with Gasteiger partial charge in [0, 0.05) is 27.7 Å². The summed E-state index contributed by atoms with van der Waals surface area (Å²) < 4.78 is 0. The summed E-state index contributed by atoms with van der Waals surface area (Å²) in [7, 11) is 0. The Morgan fingerprint density at radius 3 is 2.82 bits per heavy atom. The summed E-state index contributed by atoms with van der Waals surface area (Å²) in [4.78, 5) is 3.68. The zero-order chi connectivity index (χ0) is 15.3. The van der Waals surface area contributed by atoms with Crippen LogP contribution in [0, 0.1) is 11.3 Å². The van der Waals surface area contributed by atoms with E-state index in [1.54, 1.807) is 11.8 Å². The summed E-state index contributed by atoms with van der Waals surface area (Å²) in [5.41, 5.74) is 5.18. The summed E-state index contributed by atoms with van der Waals surface area (Å²) in [6.07, 6.45) is 6.31. The molecule has 2 nitrogen and oxygen atoms in total. The van der Waals surface area contributed by atoms with Crippen molar-refractivity contribution in [2.24, 2.45) is 0 Å². The molecule has 0 spiro atoms.